The zero-order chi connectivity index (χ0) is 37.8. The van der Waals surface area contributed by atoms with Gasteiger partial charge in [0.2, 0.25) is 5.95 Å². The molecule has 0 aliphatic rings. The molecule has 0 aliphatic carbocycles. The van der Waals surface area contributed by atoms with Crippen LogP contribution in [0, 0.1) is 74.3 Å². The van der Waals surface area contributed by atoms with Gasteiger partial charge >= 0.3 is 6.08 Å². The molecular formula is C39H37F2N7O3S. The maximum Gasteiger partial charge on any atom is 0.313 e. The first kappa shape index (κ1) is 36.3. The van der Waals surface area contributed by atoms with E-state index in [1.54, 1.807) is 6.92 Å². The topological polar surface area (TPSA) is 142 Å². The molecule has 0 aliphatic heterocycles. The average molecular weight is 722 g/mol. The number of azo groups is 2. The van der Waals surface area contributed by atoms with Crippen LogP contribution in [0.4, 0.5) is 43.0 Å². The van der Waals surface area contributed by atoms with Crippen molar-refractivity contribution in [1.82, 2.24) is 9.97 Å². The fourth-order valence-corrected chi connectivity index (χ4v) is 6.98. The van der Waals surface area contributed by atoms with Gasteiger partial charge in [0, 0.05) is 27.9 Å². The molecule has 1 aromatic heterocycles. The molecule has 6 rings (SSSR count). The number of benzene rings is 5. The van der Waals surface area contributed by atoms with Gasteiger partial charge in [-0.05, 0) is 160 Å². The molecule has 2 N–H and O–H groups in total. The zero-order valence-electron chi connectivity index (χ0n) is 30.2. The monoisotopic (exact) mass is 721 g/mol. The van der Waals surface area contributed by atoms with Crippen molar-refractivity contribution in [3.05, 3.63) is 111 Å². The SMILES string of the molecule is Cc1cc2c(N=Nc3c(C)cc(Nc4cc(F)nc(F)n4)c(C)c3C)ccc(N=Nc3c(C)c(C)c(C)c4cc(S(=O)(=O)O)cc(C)c34)c2cc1C. The van der Waals surface area contributed by atoms with Crippen molar-refractivity contribution < 1.29 is 21.8 Å². The number of halogens is 2. The van der Waals surface area contributed by atoms with E-state index < -0.39 is 22.1 Å². The minimum absolute atomic E-state index is 0.00192. The lowest BCUT2D eigenvalue weighted by Gasteiger charge is -2.16. The Morgan fingerprint density at radius 1 is 0.596 bits per heavy atom. The van der Waals surface area contributed by atoms with Crippen LogP contribution in [0.25, 0.3) is 21.5 Å². The van der Waals surface area contributed by atoms with Crippen LogP contribution < -0.4 is 5.32 Å². The molecule has 0 bridgehead atoms. The summed E-state index contributed by atoms with van der Waals surface area (Å²) in [6, 6.07) is 13.6. The highest BCUT2D eigenvalue weighted by atomic mass is 32.2. The van der Waals surface area contributed by atoms with Gasteiger partial charge in [0.1, 0.15) is 5.82 Å². The van der Waals surface area contributed by atoms with Crippen molar-refractivity contribution in [3.63, 3.8) is 0 Å². The van der Waals surface area contributed by atoms with Crippen LogP contribution in [-0.2, 0) is 10.1 Å². The number of rotatable bonds is 7. The Hall–Kier alpha value is -5.53. The van der Waals surface area contributed by atoms with Gasteiger partial charge in [-0.2, -0.15) is 27.2 Å². The number of fused-ring (bicyclic) bond motifs is 2. The van der Waals surface area contributed by atoms with Crippen molar-refractivity contribution in [2.24, 2.45) is 20.5 Å². The Balaban J connectivity index is 1.42. The predicted octanol–water partition coefficient (Wildman–Crippen LogP) is 11.7. The Bertz CT molecular complexity index is 2640. The molecule has 6 aromatic rings. The summed E-state index contributed by atoms with van der Waals surface area (Å²) in [6.45, 7) is 17.3. The molecule has 0 saturated heterocycles. The standard InChI is InChI=1S/C39H37F2N7O3S/c1-18-13-29-30(14-19(18)2)32(46-48-38-25(8)22(5)23(6)28-16-27(52(49,50)51)12-20(3)36(28)38)11-10-31(29)45-47-37-21(4)15-33(24(7)26(37)9)42-35-17-34(40)43-39(41)44-35/h10-17H,1-9H3,(H,42,43,44)(H,49,50,51). The van der Waals surface area contributed by atoms with Crippen molar-refractivity contribution in [2.75, 3.05) is 5.32 Å². The van der Waals surface area contributed by atoms with E-state index in [1.165, 1.54) is 12.1 Å². The number of nitrogens with one attached hydrogen (secondary N) is 1. The van der Waals surface area contributed by atoms with E-state index in [0.717, 1.165) is 66.7 Å². The third kappa shape index (κ3) is 6.76. The molecule has 0 saturated carbocycles. The van der Waals surface area contributed by atoms with E-state index in [4.69, 9.17) is 15.3 Å². The number of aromatic nitrogens is 2. The zero-order valence-corrected chi connectivity index (χ0v) is 31.0. The van der Waals surface area contributed by atoms with Gasteiger partial charge in [-0.25, -0.2) is 0 Å². The van der Waals surface area contributed by atoms with Crippen LogP contribution >= 0.6 is 0 Å². The molecule has 0 spiro atoms. The van der Waals surface area contributed by atoms with Crippen LogP contribution in [0.15, 0.2) is 73.9 Å². The summed E-state index contributed by atoms with van der Waals surface area (Å²) >= 11 is 0. The maximum atomic E-state index is 13.7. The fourth-order valence-electron chi connectivity index (χ4n) is 6.39. The second-order valence-electron chi connectivity index (χ2n) is 13.2. The molecule has 0 amide bonds. The first-order chi connectivity index (χ1) is 24.4. The van der Waals surface area contributed by atoms with E-state index in [9.17, 15) is 21.8 Å². The minimum Gasteiger partial charge on any atom is -0.340 e. The Morgan fingerprint density at radius 3 is 1.75 bits per heavy atom. The highest BCUT2D eigenvalue weighted by molar-refractivity contribution is 7.85. The van der Waals surface area contributed by atoms with Crippen molar-refractivity contribution in [2.45, 2.75) is 67.2 Å². The molecule has 5 aromatic carbocycles. The Labute approximate surface area is 300 Å². The average Bonchev–Trinajstić information content (AvgIpc) is 3.06. The highest BCUT2D eigenvalue weighted by Gasteiger charge is 2.19. The van der Waals surface area contributed by atoms with Gasteiger partial charge in [0.15, 0.2) is 0 Å². The van der Waals surface area contributed by atoms with E-state index in [0.29, 0.717) is 39.4 Å². The number of aryl methyl sites for hydroxylation is 5. The summed E-state index contributed by atoms with van der Waals surface area (Å²) in [5, 5.41) is 25.0. The largest absolute Gasteiger partial charge is 0.340 e. The van der Waals surface area contributed by atoms with E-state index in [2.05, 4.69) is 20.4 Å². The molecule has 266 valence electrons. The summed E-state index contributed by atoms with van der Waals surface area (Å²) in [5.41, 5.74) is 11.1. The minimum atomic E-state index is -4.41. The van der Waals surface area contributed by atoms with E-state index in [1.807, 2.05) is 85.7 Å². The van der Waals surface area contributed by atoms with Crippen LogP contribution in [0.2, 0.25) is 0 Å². The summed E-state index contributed by atoms with van der Waals surface area (Å²) < 4.78 is 61.1. The number of hydrogen-bond donors (Lipinski definition) is 2. The summed E-state index contributed by atoms with van der Waals surface area (Å²) in [5.74, 6) is -0.976. The Morgan fingerprint density at radius 2 is 1.17 bits per heavy atom. The molecular weight excluding hydrogens is 685 g/mol. The number of hydrogen-bond acceptors (Lipinski definition) is 9. The van der Waals surface area contributed by atoms with Crippen molar-refractivity contribution >= 4 is 65.9 Å². The van der Waals surface area contributed by atoms with Gasteiger partial charge in [-0.1, -0.05) is 0 Å². The van der Waals surface area contributed by atoms with Gasteiger partial charge in [0.05, 0.1) is 27.6 Å². The molecule has 0 radical (unpaired) electrons. The van der Waals surface area contributed by atoms with Crippen LogP contribution in [0.1, 0.15) is 50.1 Å². The van der Waals surface area contributed by atoms with Gasteiger partial charge in [-0.3, -0.25) is 4.55 Å². The molecule has 0 unspecified atom stereocenters. The van der Waals surface area contributed by atoms with Gasteiger partial charge in [0.25, 0.3) is 10.1 Å². The molecule has 1 heterocycles. The second-order valence-corrected chi connectivity index (χ2v) is 14.6. The highest BCUT2D eigenvalue weighted by Crippen LogP contribution is 2.42. The molecule has 0 atom stereocenters. The molecule has 10 nitrogen and oxygen atoms in total. The number of anilines is 2. The second kappa shape index (κ2) is 13.5. The van der Waals surface area contributed by atoms with Gasteiger partial charge in [-0.15, -0.1) is 20.5 Å². The van der Waals surface area contributed by atoms with Crippen LogP contribution in [0.3, 0.4) is 0 Å². The van der Waals surface area contributed by atoms with Crippen LogP contribution in [-0.4, -0.2) is 22.9 Å². The lowest BCUT2D eigenvalue weighted by Crippen LogP contribution is -2.02. The number of nitrogens with zero attached hydrogens (tertiary/aromatic N) is 6. The van der Waals surface area contributed by atoms with Crippen LogP contribution in [0.5, 0.6) is 0 Å². The summed E-state index contributed by atoms with van der Waals surface area (Å²) in [4.78, 5) is 6.51. The Kier molecular flexibility index (Phi) is 9.45. The first-order valence-electron chi connectivity index (χ1n) is 16.4. The molecule has 0 fully saturated rings. The lowest BCUT2D eigenvalue weighted by molar-refractivity contribution is 0.482. The summed E-state index contributed by atoms with van der Waals surface area (Å²) in [6.07, 6.45) is -1.16. The normalized spacial score (nSPS) is 12.2. The van der Waals surface area contributed by atoms with E-state index in [-0.39, 0.29) is 10.7 Å². The first-order valence-corrected chi connectivity index (χ1v) is 17.9. The van der Waals surface area contributed by atoms with Gasteiger partial charge < -0.3 is 5.32 Å². The summed E-state index contributed by atoms with van der Waals surface area (Å²) in [7, 11) is -4.41. The predicted molar refractivity (Wildman–Crippen MR) is 200 cm³/mol. The lowest BCUT2D eigenvalue weighted by atomic mass is 9.92. The quantitative estimate of drug-likeness (QED) is 0.0727. The fraction of sp³-hybridized carbons (Fsp3) is 0.231. The third-order valence-corrected chi connectivity index (χ3v) is 10.6. The molecule has 13 heteroatoms. The maximum absolute atomic E-state index is 13.7. The third-order valence-electron chi connectivity index (χ3n) is 9.81. The van der Waals surface area contributed by atoms with E-state index >= 15 is 0 Å². The molecule has 52 heavy (non-hydrogen) atoms. The smallest absolute Gasteiger partial charge is 0.313 e. The van der Waals surface area contributed by atoms with Crippen molar-refractivity contribution in [3.8, 4) is 0 Å². The van der Waals surface area contributed by atoms with Crippen molar-refractivity contribution in [1.29, 1.82) is 0 Å².